The zero-order valence-corrected chi connectivity index (χ0v) is 16.2. The number of nitrogen functional groups attached to an aromatic ring is 1. The van der Waals surface area contributed by atoms with Crippen LogP contribution < -0.4 is 27.0 Å². The third-order valence-corrected chi connectivity index (χ3v) is 3.85. The zero-order chi connectivity index (χ0) is 22.0. The van der Waals surface area contributed by atoms with Gasteiger partial charge in [-0.05, 0) is 23.6 Å². The topological polar surface area (TPSA) is 166 Å². The van der Waals surface area contributed by atoms with Gasteiger partial charge in [0, 0.05) is 6.54 Å². The van der Waals surface area contributed by atoms with E-state index in [4.69, 9.17) is 11.1 Å². The number of rotatable bonds is 11. The molecule has 0 aromatic heterocycles. The SMILES string of the molecule is CC(C)C(NC(=O)CNC=O)C(=O)NCC(=O)NCc1ccc(C(=N)N)c(F)c1. The fraction of sp³-hybridized carbons (Fsp3) is 0.389. The minimum atomic E-state index is -0.878. The highest BCUT2D eigenvalue weighted by Gasteiger charge is 2.24. The second-order valence-corrected chi connectivity index (χ2v) is 6.51. The lowest BCUT2D eigenvalue weighted by molar-refractivity contribution is -0.131. The molecule has 0 spiro atoms. The number of carbonyl (C=O) groups is 4. The maximum absolute atomic E-state index is 13.8. The molecule has 0 heterocycles. The van der Waals surface area contributed by atoms with Crippen molar-refractivity contribution in [3.63, 3.8) is 0 Å². The summed E-state index contributed by atoms with van der Waals surface area (Å²) in [5.41, 5.74) is 5.67. The van der Waals surface area contributed by atoms with Gasteiger partial charge in [-0.1, -0.05) is 19.9 Å². The number of carbonyl (C=O) groups excluding carboxylic acids is 4. The van der Waals surface area contributed by atoms with E-state index in [0.717, 1.165) is 6.07 Å². The van der Waals surface area contributed by atoms with Crippen molar-refractivity contribution in [1.82, 2.24) is 21.3 Å². The molecule has 1 atom stereocenters. The second-order valence-electron chi connectivity index (χ2n) is 6.51. The quantitative estimate of drug-likeness (QED) is 0.152. The first-order valence-corrected chi connectivity index (χ1v) is 8.79. The molecule has 1 aromatic carbocycles. The normalized spacial score (nSPS) is 11.3. The van der Waals surface area contributed by atoms with Gasteiger partial charge in [0.05, 0.1) is 18.7 Å². The molecular weight excluding hydrogens is 383 g/mol. The Balaban J connectivity index is 2.52. The molecule has 0 fully saturated rings. The standard InChI is InChI=1S/C18H25FN6O4/c1-10(2)16(25-15(28)7-22-9-26)18(29)24-8-14(27)23-6-11-3-4-12(17(20)21)13(19)5-11/h3-5,9-10,16H,6-8H2,1-2H3,(H3,20,21)(H,22,26)(H,23,27)(H,24,29)(H,25,28). The van der Waals surface area contributed by atoms with Gasteiger partial charge in [0.1, 0.15) is 17.7 Å². The van der Waals surface area contributed by atoms with E-state index in [1.54, 1.807) is 13.8 Å². The molecule has 7 N–H and O–H groups in total. The molecule has 10 nitrogen and oxygen atoms in total. The fourth-order valence-corrected chi connectivity index (χ4v) is 2.32. The van der Waals surface area contributed by atoms with Crippen molar-refractivity contribution in [3.05, 3.63) is 35.1 Å². The van der Waals surface area contributed by atoms with Crippen LogP contribution in [0.15, 0.2) is 18.2 Å². The monoisotopic (exact) mass is 408 g/mol. The van der Waals surface area contributed by atoms with E-state index in [0.29, 0.717) is 12.0 Å². The van der Waals surface area contributed by atoms with Gasteiger partial charge in [-0.15, -0.1) is 0 Å². The van der Waals surface area contributed by atoms with Crippen LogP contribution in [0.25, 0.3) is 0 Å². The average Bonchev–Trinajstić information content (AvgIpc) is 2.66. The summed E-state index contributed by atoms with van der Waals surface area (Å²) in [4.78, 5) is 46.1. The van der Waals surface area contributed by atoms with Gasteiger partial charge in [0.25, 0.3) is 0 Å². The van der Waals surface area contributed by atoms with E-state index < -0.39 is 35.4 Å². The van der Waals surface area contributed by atoms with Crippen LogP contribution >= 0.6 is 0 Å². The molecule has 11 heteroatoms. The van der Waals surface area contributed by atoms with Crippen molar-refractivity contribution < 1.29 is 23.6 Å². The van der Waals surface area contributed by atoms with Gasteiger partial charge < -0.3 is 27.0 Å². The van der Waals surface area contributed by atoms with E-state index in [1.807, 2.05) is 0 Å². The number of amides is 4. The van der Waals surface area contributed by atoms with Crippen molar-refractivity contribution in [1.29, 1.82) is 5.41 Å². The van der Waals surface area contributed by atoms with Gasteiger partial charge in [-0.3, -0.25) is 24.6 Å². The van der Waals surface area contributed by atoms with E-state index in [-0.39, 0.29) is 31.1 Å². The molecule has 0 radical (unpaired) electrons. The van der Waals surface area contributed by atoms with Crippen LogP contribution in [0.4, 0.5) is 4.39 Å². The minimum absolute atomic E-state index is 0.0194. The van der Waals surface area contributed by atoms with E-state index >= 15 is 0 Å². The third kappa shape index (κ3) is 7.95. The van der Waals surface area contributed by atoms with Gasteiger partial charge in [-0.2, -0.15) is 0 Å². The Hall–Kier alpha value is -3.50. The molecule has 158 valence electrons. The molecule has 0 aliphatic carbocycles. The predicted octanol–water partition coefficient (Wildman–Crippen LogP) is -1.27. The Bertz CT molecular complexity index is 784. The van der Waals surface area contributed by atoms with Crippen molar-refractivity contribution >= 4 is 30.0 Å². The minimum Gasteiger partial charge on any atom is -0.384 e. The Morgan fingerprint density at radius 1 is 1.17 bits per heavy atom. The molecule has 1 rings (SSSR count). The third-order valence-electron chi connectivity index (χ3n) is 3.85. The van der Waals surface area contributed by atoms with Gasteiger partial charge in [0.2, 0.25) is 24.1 Å². The molecular formula is C18H25FN6O4. The highest BCUT2D eigenvalue weighted by atomic mass is 19.1. The Labute approximate surface area is 167 Å². The smallest absolute Gasteiger partial charge is 0.243 e. The fourth-order valence-electron chi connectivity index (χ4n) is 2.32. The molecule has 29 heavy (non-hydrogen) atoms. The molecule has 0 aliphatic rings. The Kier molecular flexibility index (Phi) is 9.23. The predicted molar refractivity (Wildman–Crippen MR) is 103 cm³/mol. The van der Waals surface area contributed by atoms with Crippen LogP contribution in [0.3, 0.4) is 0 Å². The van der Waals surface area contributed by atoms with Crippen molar-refractivity contribution in [2.75, 3.05) is 13.1 Å². The van der Waals surface area contributed by atoms with Crippen LogP contribution in [-0.2, 0) is 25.7 Å². The molecule has 0 saturated carbocycles. The first kappa shape index (κ1) is 23.5. The number of amidine groups is 1. The maximum Gasteiger partial charge on any atom is 0.243 e. The Morgan fingerprint density at radius 2 is 1.86 bits per heavy atom. The summed E-state index contributed by atoms with van der Waals surface area (Å²) in [5.74, 6) is -2.91. The number of nitrogens with two attached hydrogens (primary N) is 1. The number of benzene rings is 1. The van der Waals surface area contributed by atoms with E-state index in [1.165, 1.54) is 12.1 Å². The zero-order valence-electron chi connectivity index (χ0n) is 16.2. The average molecular weight is 408 g/mol. The number of halogens is 1. The maximum atomic E-state index is 13.8. The summed E-state index contributed by atoms with van der Waals surface area (Å²) in [6.07, 6.45) is 0.369. The van der Waals surface area contributed by atoms with Gasteiger partial charge in [0.15, 0.2) is 0 Å². The number of hydrogen-bond donors (Lipinski definition) is 6. The van der Waals surface area contributed by atoms with Gasteiger partial charge in [-0.25, -0.2) is 4.39 Å². The molecule has 1 aromatic rings. The largest absolute Gasteiger partial charge is 0.384 e. The van der Waals surface area contributed by atoms with Crippen LogP contribution in [0.5, 0.6) is 0 Å². The summed E-state index contributed by atoms with van der Waals surface area (Å²) < 4.78 is 13.8. The van der Waals surface area contributed by atoms with E-state index in [2.05, 4.69) is 21.3 Å². The van der Waals surface area contributed by atoms with Gasteiger partial charge >= 0.3 is 0 Å². The van der Waals surface area contributed by atoms with E-state index in [9.17, 15) is 23.6 Å². The first-order chi connectivity index (χ1) is 13.6. The van der Waals surface area contributed by atoms with Crippen LogP contribution in [0.2, 0.25) is 0 Å². The highest BCUT2D eigenvalue weighted by molar-refractivity contribution is 5.95. The first-order valence-electron chi connectivity index (χ1n) is 8.79. The van der Waals surface area contributed by atoms with Crippen molar-refractivity contribution in [3.8, 4) is 0 Å². The molecule has 0 bridgehead atoms. The Morgan fingerprint density at radius 3 is 2.41 bits per heavy atom. The summed E-state index contributed by atoms with van der Waals surface area (Å²) >= 11 is 0. The molecule has 0 aliphatic heterocycles. The summed E-state index contributed by atoms with van der Waals surface area (Å²) in [7, 11) is 0. The summed E-state index contributed by atoms with van der Waals surface area (Å²) in [6.45, 7) is 2.86. The molecule has 1 unspecified atom stereocenters. The van der Waals surface area contributed by atoms with Crippen molar-refractivity contribution in [2.45, 2.75) is 26.4 Å². The number of hydrogen-bond acceptors (Lipinski definition) is 5. The molecule has 0 saturated heterocycles. The van der Waals surface area contributed by atoms with Crippen molar-refractivity contribution in [2.24, 2.45) is 11.7 Å². The molecule has 4 amide bonds. The van der Waals surface area contributed by atoms with Crippen LogP contribution in [-0.4, -0.2) is 49.1 Å². The lowest BCUT2D eigenvalue weighted by Crippen LogP contribution is -2.52. The summed E-state index contributed by atoms with van der Waals surface area (Å²) in [6, 6.07) is 3.15. The lowest BCUT2D eigenvalue weighted by atomic mass is 10.0. The highest BCUT2D eigenvalue weighted by Crippen LogP contribution is 2.09. The number of nitrogens with one attached hydrogen (secondary N) is 5. The summed E-state index contributed by atoms with van der Waals surface area (Å²) in [5, 5.41) is 16.9. The van der Waals surface area contributed by atoms with Crippen LogP contribution in [0, 0.1) is 17.1 Å². The second kappa shape index (κ2) is 11.4. The lowest BCUT2D eigenvalue weighted by Gasteiger charge is -2.21. The van der Waals surface area contributed by atoms with Crippen LogP contribution in [0.1, 0.15) is 25.0 Å².